The van der Waals surface area contributed by atoms with Gasteiger partial charge in [0.2, 0.25) is 0 Å². The molecule has 5 heteroatoms. The molecule has 3 N–H and O–H groups in total. The normalized spacial score (nSPS) is 18.6. The topological polar surface area (TPSA) is 67.5 Å². The van der Waals surface area contributed by atoms with Gasteiger partial charge in [-0.05, 0) is 30.5 Å². The van der Waals surface area contributed by atoms with Gasteiger partial charge in [0.15, 0.2) is 5.17 Å². The molecule has 0 radical (unpaired) electrons. The Kier molecular flexibility index (Phi) is 4.04. The van der Waals surface area contributed by atoms with Gasteiger partial charge in [-0.25, -0.2) is 0 Å². The van der Waals surface area contributed by atoms with Crippen molar-refractivity contribution in [3.63, 3.8) is 0 Å². The number of nitrogens with one attached hydrogen (secondary N) is 1. The first-order valence-corrected chi connectivity index (χ1v) is 6.85. The van der Waals surface area contributed by atoms with Crippen LogP contribution in [0.2, 0.25) is 0 Å². The van der Waals surface area contributed by atoms with Gasteiger partial charge in [0.1, 0.15) is 0 Å². The minimum absolute atomic E-state index is 0.0381. The molecule has 96 valence electrons. The summed E-state index contributed by atoms with van der Waals surface area (Å²) in [6.45, 7) is 4.61. The van der Waals surface area contributed by atoms with E-state index in [1.807, 2.05) is 25.1 Å². The number of nitrogens with zero attached hydrogens (tertiary/aromatic N) is 1. The zero-order chi connectivity index (χ0) is 13.1. The Morgan fingerprint density at radius 3 is 2.94 bits per heavy atom. The molecule has 1 amide bonds. The Morgan fingerprint density at radius 2 is 2.39 bits per heavy atom. The summed E-state index contributed by atoms with van der Waals surface area (Å²) in [5.74, 6) is -0.115. The van der Waals surface area contributed by atoms with Crippen LogP contribution in [0.25, 0.3) is 0 Å². The number of rotatable bonds is 2. The molecule has 0 spiro atoms. The lowest BCUT2D eigenvalue weighted by Crippen LogP contribution is -2.29. The second kappa shape index (κ2) is 5.54. The standard InChI is InChI=1S/C13H17N3OS/c1-3-9-4-5-10(8(2)6-9)12(17)16-13-15-7-11(14)18-13/h4-6,11H,3,7,14H2,1-2H3,(H,15,16,17). The van der Waals surface area contributed by atoms with E-state index in [1.54, 1.807) is 0 Å². The van der Waals surface area contributed by atoms with Crippen LogP contribution in [0.15, 0.2) is 23.2 Å². The number of aliphatic imine (C=N–C) groups is 1. The van der Waals surface area contributed by atoms with E-state index in [2.05, 4.69) is 17.2 Å². The summed E-state index contributed by atoms with van der Waals surface area (Å²) in [4.78, 5) is 16.2. The van der Waals surface area contributed by atoms with Crippen LogP contribution in [-0.2, 0) is 6.42 Å². The number of amides is 1. The van der Waals surface area contributed by atoms with Gasteiger partial charge >= 0.3 is 0 Å². The number of benzene rings is 1. The van der Waals surface area contributed by atoms with Crippen LogP contribution in [0.3, 0.4) is 0 Å². The smallest absolute Gasteiger partial charge is 0.257 e. The Balaban J connectivity index is 2.09. The third kappa shape index (κ3) is 2.91. The van der Waals surface area contributed by atoms with Crippen molar-refractivity contribution in [2.24, 2.45) is 10.7 Å². The Labute approximate surface area is 111 Å². The summed E-state index contributed by atoms with van der Waals surface area (Å²) in [5.41, 5.74) is 8.62. The Morgan fingerprint density at radius 1 is 1.61 bits per heavy atom. The first kappa shape index (κ1) is 13.1. The fourth-order valence-electron chi connectivity index (χ4n) is 1.82. The van der Waals surface area contributed by atoms with Crippen molar-refractivity contribution in [2.45, 2.75) is 25.6 Å². The predicted molar refractivity (Wildman–Crippen MR) is 75.9 cm³/mol. The molecule has 0 fully saturated rings. The first-order chi connectivity index (χ1) is 8.60. The third-order valence-corrected chi connectivity index (χ3v) is 3.75. The SMILES string of the molecule is CCc1ccc(C(=O)NC2=NCC(N)S2)c(C)c1. The van der Waals surface area contributed by atoms with Gasteiger partial charge in [-0.15, -0.1) is 0 Å². The molecule has 0 aliphatic carbocycles. The van der Waals surface area contributed by atoms with Crippen molar-refractivity contribution in [2.75, 3.05) is 6.54 Å². The van der Waals surface area contributed by atoms with Gasteiger partial charge in [0, 0.05) is 5.56 Å². The number of carbonyl (C=O) groups is 1. The number of thioether (sulfide) groups is 1. The molecule has 0 saturated heterocycles. The van der Waals surface area contributed by atoms with Gasteiger partial charge in [-0.2, -0.15) is 0 Å². The van der Waals surface area contributed by atoms with E-state index in [0.29, 0.717) is 17.3 Å². The van der Waals surface area contributed by atoms with Gasteiger partial charge < -0.3 is 11.1 Å². The van der Waals surface area contributed by atoms with Crippen LogP contribution in [-0.4, -0.2) is 23.0 Å². The fraction of sp³-hybridized carbons (Fsp3) is 0.385. The van der Waals surface area contributed by atoms with Crippen LogP contribution < -0.4 is 11.1 Å². The predicted octanol–water partition coefficient (Wildman–Crippen LogP) is 1.67. The van der Waals surface area contributed by atoms with Crippen molar-refractivity contribution < 1.29 is 4.79 Å². The minimum Gasteiger partial charge on any atom is -0.317 e. The maximum atomic E-state index is 12.1. The van der Waals surface area contributed by atoms with Crippen molar-refractivity contribution in [3.05, 3.63) is 34.9 Å². The average molecular weight is 263 g/mol. The molecule has 1 aromatic rings. The molecule has 1 heterocycles. The highest BCUT2D eigenvalue weighted by Crippen LogP contribution is 2.16. The highest BCUT2D eigenvalue weighted by molar-refractivity contribution is 8.14. The largest absolute Gasteiger partial charge is 0.317 e. The monoisotopic (exact) mass is 263 g/mol. The quantitative estimate of drug-likeness (QED) is 0.853. The molecule has 4 nitrogen and oxygen atoms in total. The third-order valence-electron chi connectivity index (χ3n) is 2.84. The summed E-state index contributed by atoms with van der Waals surface area (Å²) in [6, 6.07) is 5.89. The van der Waals surface area contributed by atoms with Crippen molar-refractivity contribution in [1.82, 2.24) is 5.32 Å². The van der Waals surface area contributed by atoms with Crippen LogP contribution >= 0.6 is 11.8 Å². The second-order valence-electron chi connectivity index (χ2n) is 4.26. The number of hydrogen-bond donors (Lipinski definition) is 2. The maximum absolute atomic E-state index is 12.1. The molecule has 18 heavy (non-hydrogen) atoms. The molecule has 1 atom stereocenters. The van der Waals surface area contributed by atoms with E-state index >= 15 is 0 Å². The Bertz CT molecular complexity index is 499. The second-order valence-corrected chi connectivity index (χ2v) is 5.49. The number of hydrogen-bond acceptors (Lipinski definition) is 4. The molecule has 1 unspecified atom stereocenters. The van der Waals surface area contributed by atoms with E-state index in [0.717, 1.165) is 12.0 Å². The maximum Gasteiger partial charge on any atom is 0.257 e. The Hall–Kier alpha value is -1.33. The molecule has 1 aromatic carbocycles. The van der Waals surface area contributed by atoms with Gasteiger partial charge in [-0.3, -0.25) is 9.79 Å². The lowest BCUT2D eigenvalue weighted by Gasteiger charge is -2.08. The van der Waals surface area contributed by atoms with Crippen LogP contribution in [0.4, 0.5) is 0 Å². The lowest BCUT2D eigenvalue weighted by molar-refractivity contribution is 0.0977. The number of amidine groups is 1. The molecule has 2 rings (SSSR count). The van der Waals surface area contributed by atoms with E-state index in [9.17, 15) is 4.79 Å². The number of aryl methyl sites for hydroxylation is 2. The molecular weight excluding hydrogens is 246 g/mol. The minimum atomic E-state index is -0.115. The molecule has 1 aliphatic rings. The van der Waals surface area contributed by atoms with E-state index in [4.69, 9.17) is 5.73 Å². The van der Waals surface area contributed by atoms with E-state index in [-0.39, 0.29) is 11.3 Å². The van der Waals surface area contributed by atoms with Crippen LogP contribution in [0, 0.1) is 6.92 Å². The fourth-order valence-corrected chi connectivity index (χ4v) is 2.56. The zero-order valence-corrected chi connectivity index (χ0v) is 11.4. The van der Waals surface area contributed by atoms with Crippen molar-refractivity contribution in [3.8, 4) is 0 Å². The summed E-state index contributed by atoms with van der Waals surface area (Å²) >= 11 is 1.40. The van der Waals surface area contributed by atoms with E-state index in [1.165, 1.54) is 17.3 Å². The van der Waals surface area contributed by atoms with Crippen molar-refractivity contribution >= 4 is 22.8 Å². The van der Waals surface area contributed by atoms with Gasteiger partial charge in [-0.1, -0.05) is 30.8 Å². The van der Waals surface area contributed by atoms with Crippen molar-refractivity contribution in [1.29, 1.82) is 0 Å². The summed E-state index contributed by atoms with van der Waals surface area (Å²) in [7, 11) is 0. The van der Waals surface area contributed by atoms with Crippen LogP contribution in [0.5, 0.6) is 0 Å². The van der Waals surface area contributed by atoms with Crippen LogP contribution in [0.1, 0.15) is 28.4 Å². The molecular formula is C13H17N3OS. The highest BCUT2D eigenvalue weighted by atomic mass is 32.2. The molecule has 1 aliphatic heterocycles. The number of nitrogens with two attached hydrogens (primary N) is 1. The summed E-state index contributed by atoms with van der Waals surface area (Å²) < 4.78 is 0. The number of carbonyl (C=O) groups excluding carboxylic acids is 1. The zero-order valence-electron chi connectivity index (χ0n) is 10.6. The summed E-state index contributed by atoms with van der Waals surface area (Å²) in [5, 5.41) is 3.38. The first-order valence-electron chi connectivity index (χ1n) is 5.97. The molecule has 0 bridgehead atoms. The van der Waals surface area contributed by atoms with E-state index < -0.39 is 0 Å². The average Bonchev–Trinajstić information content (AvgIpc) is 2.74. The lowest BCUT2D eigenvalue weighted by atomic mass is 10.0. The van der Waals surface area contributed by atoms with Gasteiger partial charge in [0.25, 0.3) is 5.91 Å². The van der Waals surface area contributed by atoms with Gasteiger partial charge in [0.05, 0.1) is 11.9 Å². The molecule has 0 saturated carbocycles. The summed E-state index contributed by atoms with van der Waals surface area (Å²) in [6.07, 6.45) is 0.972. The molecule has 0 aromatic heterocycles. The highest BCUT2D eigenvalue weighted by Gasteiger charge is 2.18.